The largest absolute Gasteiger partial charge is 0.608 e. The number of nitrogens with zero attached hydrogens (tertiary/aromatic N) is 1. The third-order valence-electron chi connectivity index (χ3n) is 1.85. The molecule has 0 saturated carbocycles. The summed E-state index contributed by atoms with van der Waals surface area (Å²) in [5, 5.41) is 20.6. The van der Waals surface area contributed by atoms with E-state index in [0.29, 0.717) is 24.2 Å². The molecule has 0 saturated heterocycles. The second kappa shape index (κ2) is 7.04. The fraction of sp³-hybridized carbons (Fsp3) is 0.400. The summed E-state index contributed by atoms with van der Waals surface area (Å²) in [4.78, 5) is 0. The molecule has 0 aromatic rings. The van der Waals surface area contributed by atoms with Gasteiger partial charge in [0.25, 0.3) is 0 Å². The fourth-order valence-corrected chi connectivity index (χ4v) is 1.02. The fourth-order valence-electron chi connectivity index (χ4n) is 1.02. The second-order valence-corrected chi connectivity index (χ2v) is 2.98. The highest BCUT2D eigenvalue weighted by molar-refractivity contribution is 5.17. The Morgan fingerprint density at radius 2 is 2.33 bits per heavy atom. The van der Waals surface area contributed by atoms with Crippen LogP contribution in [0.4, 0.5) is 0 Å². The summed E-state index contributed by atoms with van der Waals surface area (Å²) in [5.74, 6) is 7.61. The highest BCUT2D eigenvalue weighted by Gasteiger charge is 2.06. The van der Waals surface area contributed by atoms with E-state index in [1.54, 1.807) is 13.0 Å². The zero-order valence-electron chi connectivity index (χ0n) is 9.03. The number of likely N-dealkylation sites (N-methyl/N-ethyl adjacent to an activating group) is 1. The lowest BCUT2D eigenvalue weighted by molar-refractivity contribution is -0.821. The van der Waals surface area contributed by atoms with Gasteiger partial charge in [-0.2, -0.15) is 5.84 Å². The SMILES string of the molecule is C#CCC/C(=C\C(=C/C)N(C)O)[NH+](N)[O-]. The van der Waals surface area contributed by atoms with Crippen LogP contribution in [0.15, 0.2) is 23.5 Å². The number of hydrogen-bond donors (Lipinski definition) is 3. The van der Waals surface area contributed by atoms with Crippen molar-refractivity contribution in [2.45, 2.75) is 19.8 Å². The molecule has 5 nitrogen and oxygen atoms in total. The molecule has 4 N–H and O–H groups in total. The monoisotopic (exact) mass is 211 g/mol. The molecule has 0 aliphatic heterocycles. The van der Waals surface area contributed by atoms with Crippen molar-refractivity contribution < 1.29 is 10.4 Å². The highest BCUT2D eigenvalue weighted by Crippen LogP contribution is 2.05. The van der Waals surface area contributed by atoms with Crippen LogP contribution >= 0.6 is 0 Å². The number of nitrogens with two attached hydrogens (primary N) is 1. The first-order chi connectivity index (χ1) is 7.02. The summed E-state index contributed by atoms with van der Waals surface area (Å²) in [5.41, 5.74) is 0.905. The van der Waals surface area contributed by atoms with E-state index in [2.05, 4.69) is 5.92 Å². The molecular weight excluding hydrogens is 194 g/mol. The summed E-state index contributed by atoms with van der Waals surface area (Å²) in [6.45, 7) is 1.75. The molecule has 0 aromatic carbocycles. The minimum atomic E-state index is -0.522. The average molecular weight is 211 g/mol. The predicted octanol–water partition coefficient (Wildman–Crippen LogP) is -0.235. The highest BCUT2D eigenvalue weighted by atomic mass is 16.5. The van der Waals surface area contributed by atoms with Crippen LogP contribution in [0.3, 0.4) is 0 Å². The smallest absolute Gasteiger partial charge is 0.129 e. The number of quaternary nitrogens is 1. The maximum atomic E-state index is 11.0. The molecule has 0 aliphatic rings. The number of hydrogen-bond acceptors (Lipinski definition) is 4. The van der Waals surface area contributed by atoms with Crippen LogP contribution in [-0.2, 0) is 0 Å². The average Bonchev–Trinajstić information content (AvgIpc) is 2.17. The maximum absolute atomic E-state index is 11.0. The van der Waals surface area contributed by atoms with E-state index in [4.69, 9.17) is 12.3 Å². The Bertz CT molecular complexity index is 288. The molecule has 0 amide bonds. The lowest BCUT2D eigenvalue weighted by atomic mass is 10.2. The van der Waals surface area contributed by atoms with E-state index in [1.165, 1.54) is 13.1 Å². The molecule has 84 valence electrons. The Hall–Kier alpha value is -1.32. The zero-order chi connectivity index (χ0) is 11.8. The third-order valence-corrected chi connectivity index (χ3v) is 1.85. The molecule has 0 spiro atoms. The molecule has 1 atom stereocenters. The van der Waals surface area contributed by atoms with Crippen molar-refractivity contribution in [2.24, 2.45) is 5.84 Å². The molecule has 0 fully saturated rings. The van der Waals surface area contributed by atoms with E-state index < -0.39 is 5.17 Å². The Morgan fingerprint density at radius 1 is 1.73 bits per heavy atom. The second-order valence-electron chi connectivity index (χ2n) is 2.98. The van der Waals surface area contributed by atoms with Gasteiger partial charge in [-0.3, -0.25) is 15.4 Å². The van der Waals surface area contributed by atoms with Gasteiger partial charge >= 0.3 is 0 Å². The van der Waals surface area contributed by atoms with Crippen LogP contribution in [0.5, 0.6) is 0 Å². The van der Waals surface area contributed by atoms with Gasteiger partial charge in [-0.15, -0.1) is 12.3 Å². The van der Waals surface area contributed by atoms with E-state index in [9.17, 15) is 10.4 Å². The Morgan fingerprint density at radius 3 is 2.67 bits per heavy atom. The number of hydroxylamine groups is 3. The Balaban J connectivity index is 4.75. The van der Waals surface area contributed by atoms with Gasteiger partial charge in [0.05, 0.1) is 5.70 Å². The molecule has 1 unspecified atom stereocenters. The van der Waals surface area contributed by atoms with Gasteiger partial charge in [0, 0.05) is 26.0 Å². The minimum absolute atomic E-state index is 0.405. The van der Waals surface area contributed by atoms with Gasteiger partial charge in [0.1, 0.15) is 5.70 Å². The van der Waals surface area contributed by atoms with Crippen LogP contribution in [-0.4, -0.2) is 17.3 Å². The molecule has 0 rings (SSSR count). The molecule has 5 heteroatoms. The number of allylic oxidation sites excluding steroid dienone is 3. The van der Waals surface area contributed by atoms with Crippen molar-refractivity contribution in [3.8, 4) is 12.3 Å². The lowest BCUT2D eigenvalue weighted by Gasteiger charge is -2.19. The van der Waals surface area contributed by atoms with E-state index in [1.807, 2.05) is 0 Å². The van der Waals surface area contributed by atoms with Gasteiger partial charge < -0.3 is 5.21 Å². The molecular formula is C10H17N3O2. The van der Waals surface area contributed by atoms with Gasteiger partial charge in [-0.1, -0.05) is 6.08 Å². The minimum Gasteiger partial charge on any atom is -0.608 e. The van der Waals surface area contributed by atoms with Crippen LogP contribution < -0.4 is 11.0 Å². The summed E-state index contributed by atoms with van der Waals surface area (Å²) in [7, 11) is 1.46. The van der Waals surface area contributed by atoms with Gasteiger partial charge in [0.15, 0.2) is 0 Å². The van der Waals surface area contributed by atoms with Crippen LogP contribution in [0.1, 0.15) is 19.8 Å². The van der Waals surface area contributed by atoms with Gasteiger partial charge in [-0.05, 0) is 6.92 Å². The lowest BCUT2D eigenvalue weighted by Crippen LogP contribution is -3.11. The topological polar surface area (TPSA) is 77.0 Å². The van der Waals surface area contributed by atoms with Crippen molar-refractivity contribution in [1.82, 2.24) is 5.06 Å². The summed E-state index contributed by atoms with van der Waals surface area (Å²) in [6.07, 6.45) is 9.15. The Kier molecular flexibility index (Phi) is 6.42. The van der Waals surface area contributed by atoms with Crippen molar-refractivity contribution in [1.29, 1.82) is 0 Å². The first-order valence-electron chi connectivity index (χ1n) is 4.55. The molecule has 0 aromatic heterocycles. The number of rotatable bonds is 5. The van der Waals surface area contributed by atoms with Crippen LogP contribution in [0.25, 0.3) is 0 Å². The molecule has 0 aliphatic carbocycles. The van der Waals surface area contributed by atoms with Gasteiger partial charge in [-0.25, -0.2) is 0 Å². The van der Waals surface area contributed by atoms with Crippen LogP contribution in [0.2, 0.25) is 0 Å². The predicted molar refractivity (Wildman–Crippen MR) is 58.0 cm³/mol. The summed E-state index contributed by atoms with van der Waals surface area (Å²) < 4.78 is 0. The van der Waals surface area contributed by atoms with Crippen molar-refractivity contribution in [3.05, 3.63) is 28.8 Å². The molecule has 0 heterocycles. The number of nitrogens with one attached hydrogen (secondary N) is 1. The first kappa shape index (κ1) is 13.7. The molecule has 0 bridgehead atoms. The zero-order valence-corrected chi connectivity index (χ0v) is 9.03. The number of terminal acetylenes is 1. The van der Waals surface area contributed by atoms with Crippen LogP contribution in [0, 0.1) is 17.6 Å². The molecule has 15 heavy (non-hydrogen) atoms. The van der Waals surface area contributed by atoms with Gasteiger partial charge in [0.2, 0.25) is 0 Å². The third kappa shape index (κ3) is 5.20. The summed E-state index contributed by atoms with van der Waals surface area (Å²) in [6, 6.07) is 0. The van der Waals surface area contributed by atoms with Crippen molar-refractivity contribution in [3.63, 3.8) is 0 Å². The molecule has 0 radical (unpaired) electrons. The standard InChI is InChI=1S/C10H17N3O2/c1-4-6-7-10(13(11)15)8-9(5-2)12(3)14/h1,5,8,13-14H,6-7,11H2,2-3H3/b9-5+,10-8+. The quantitative estimate of drug-likeness (QED) is 0.254. The maximum Gasteiger partial charge on any atom is 0.129 e. The van der Waals surface area contributed by atoms with Crippen molar-refractivity contribution in [2.75, 3.05) is 7.05 Å². The first-order valence-corrected chi connectivity index (χ1v) is 4.55. The van der Waals surface area contributed by atoms with E-state index in [-0.39, 0.29) is 0 Å². The summed E-state index contributed by atoms with van der Waals surface area (Å²) >= 11 is 0. The van der Waals surface area contributed by atoms with Crippen molar-refractivity contribution >= 4 is 0 Å². The normalized spacial score (nSPS) is 14.7. The Labute approximate surface area is 90.0 Å². The van der Waals surface area contributed by atoms with E-state index in [0.717, 1.165) is 5.06 Å². The van der Waals surface area contributed by atoms with E-state index >= 15 is 0 Å².